The maximum absolute atomic E-state index is 6.22. The minimum atomic E-state index is 0.304. The van der Waals surface area contributed by atoms with Crippen molar-refractivity contribution in [3.63, 3.8) is 0 Å². The molecular weight excluding hydrogens is 220 g/mol. The van der Waals surface area contributed by atoms with Crippen LogP contribution in [0.4, 0.5) is 0 Å². The van der Waals surface area contributed by atoms with Gasteiger partial charge in [0.1, 0.15) is 0 Å². The van der Waals surface area contributed by atoms with E-state index < -0.39 is 0 Å². The fourth-order valence-corrected chi connectivity index (χ4v) is 4.12. The molecular formula is C16H32N2. The summed E-state index contributed by atoms with van der Waals surface area (Å²) in [5.74, 6) is 0. The molecule has 1 heterocycles. The quantitative estimate of drug-likeness (QED) is 0.816. The van der Waals surface area contributed by atoms with E-state index in [0.29, 0.717) is 16.4 Å². The van der Waals surface area contributed by atoms with Crippen molar-refractivity contribution in [2.45, 2.75) is 71.8 Å². The van der Waals surface area contributed by atoms with E-state index in [2.05, 4.69) is 32.6 Å². The molecule has 106 valence electrons. The van der Waals surface area contributed by atoms with Crippen LogP contribution in [0.3, 0.4) is 0 Å². The molecule has 2 N–H and O–H groups in total. The Bertz CT molecular complexity index is 285. The molecule has 1 aliphatic heterocycles. The van der Waals surface area contributed by atoms with Gasteiger partial charge in [-0.3, -0.25) is 4.90 Å². The predicted molar refractivity (Wildman–Crippen MR) is 78.6 cm³/mol. The first-order chi connectivity index (χ1) is 8.29. The first-order valence-corrected chi connectivity index (χ1v) is 7.74. The van der Waals surface area contributed by atoms with Crippen LogP contribution in [-0.4, -0.2) is 30.1 Å². The summed E-state index contributed by atoms with van der Waals surface area (Å²) in [6.45, 7) is 13.0. The number of hydrogen-bond donors (Lipinski definition) is 1. The lowest BCUT2D eigenvalue weighted by molar-refractivity contribution is -0.0222. The molecule has 0 aromatic heterocycles. The second kappa shape index (κ2) is 4.79. The normalized spacial score (nSPS) is 36.5. The summed E-state index contributed by atoms with van der Waals surface area (Å²) in [6.07, 6.45) is 7.98. The Balaban J connectivity index is 2.08. The summed E-state index contributed by atoms with van der Waals surface area (Å²) in [5.41, 5.74) is 7.53. The van der Waals surface area contributed by atoms with Gasteiger partial charge in [-0.15, -0.1) is 0 Å². The molecule has 2 aliphatic rings. The van der Waals surface area contributed by atoms with Crippen LogP contribution in [0.15, 0.2) is 0 Å². The zero-order valence-electron chi connectivity index (χ0n) is 12.9. The molecule has 0 radical (unpaired) electrons. The lowest BCUT2D eigenvalue weighted by Gasteiger charge is -2.54. The van der Waals surface area contributed by atoms with E-state index in [-0.39, 0.29) is 0 Å². The molecule has 2 nitrogen and oxygen atoms in total. The van der Waals surface area contributed by atoms with E-state index in [1.165, 1.54) is 51.6 Å². The third-order valence-corrected chi connectivity index (χ3v) is 5.47. The van der Waals surface area contributed by atoms with Crippen LogP contribution in [0, 0.1) is 10.8 Å². The van der Waals surface area contributed by atoms with Crippen LogP contribution in [0.25, 0.3) is 0 Å². The SMILES string of the molecule is CC1(C)CCN(C2(CN)CCCC(C)(C)C2)CC1. The predicted octanol–water partition coefficient (Wildman–Crippen LogP) is 3.41. The van der Waals surface area contributed by atoms with E-state index in [0.717, 1.165) is 6.54 Å². The van der Waals surface area contributed by atoms with Gasteiger partial charge in [-0.05, 0) is 56.0 Å². The van der Waals surface area contributed by atoms with Crippen molar-refractivity contribution in [1.29, 1.82) is 0 Å². The number of nitrogens with zero attached hydrogens (tertiary/aromatic N) is 1. The molecule has 0 spiro atoms. The molecule has 1 saturated carbocycles. The van der Waals surface area contributed by atoms with Gasteiger partial charge in [0, 0.05) is 12.1 Å². The first kappa shape index (κ1) is 14.3. The van der Waals surface area contributed by atoms with Crippen LogP contribution < -0.4 is 5.73 Å². The van der Waals surface area contributed by atoms with Crippen molar-refractivity contribution >= 4 is 0 Å². The molecule has 0 aromatic carbocycles. The van der Waals surface area contributed by atoms with E-state index in [1.807, 2.05) is 0 Å². The molecule has 2 rings (SSSR count). The fourth-order valence-electron chi connectivity index (χ4n) is 4.12. The largest absolute Gasteiger partial charge is 0.329 e. The van der Waals surface area contributed by atoms with Gasteiger partial charge in [-0.25, -0.2) is 0 Å². The molecule has 1 saturated heterocycles. The summed E-state index contributed by atoms with van der Waals surface area (Å²) in [4.78, 5) is 2.74. The molecule has 1 aliphatic carbocycles. The Morgan fingerprint density at radius 3 is 2.00 bits per heavy atom. The van der Waals surface area contributed by atoms with Crippen molar-refractivity contribution < 1.29 is 0 Å². The lowest BCUT2D eigenvalue weighted by atomic mass is 9.66. The van der Waals surface area contributed by atoms with Crippen molar-refractivity contribution in [3.05, 3.63) is 0 Å². The van der Waals surface area contributed by atoms with Gasteiger partial charge in [0.15, 0.2) is 0 Å². The third-order valence-electron chi connectivity index (χ3n) is 5.47. The third kappa shape index (κ3) is 2.91. The highest BCUT2D eigenvalue weighted by atomic mass is 15.2. The number of likely N-dealkylation sites (tertiary alicyclic amines) is 1. The molecule has 2 fully saturated rings. The lowest BCUT2D eigenvalue weighted by Crippen LogP contribution is -2.60. The molecule has 0 amide bonds. The summed E-state index contributed by atoms with van der Waals surface area (Å²) >= 11 is 0. The highest BCUT2D eigenvalue weighted by molar-refractivity contribution is 5.01. The Morgan fingerprint density at radius 1 is 0.889 bits per heavy atom. The van der Waals surface area contributed by atoms with Gasteiger partial charge in [-0.2, -0.15) is 0 Å². The highest BCUT2D eigenvalue weighted by Crippen LogP contribution is 2.45. The summed E-state index contributed by atoms with van der Waals surface area (Å²) in [7, 11) is 0. The van der Waals surface area contributed by atoms with Gasteiger partial charge >= 0.3 is 0 Å². The second-order valence-corrected chi connectivity index (χ2v) is 8.27. The van der Waals surface area contributed by atoms with Gasteiger partial charge < -0.3 is 5.73 Å². The van der Waals surface area contributed by atoms with Crippen molar-refractivity contribution in [3.8, 4) is 0 Å². The van der Waals surface area contributed by atoms with Crippen LogP contribution in [0.5, 0.6) is 0 Å². The van der Waals surface area contributed by atoms with E-state index in [4.69, 9.17) is 5.73 Å². The zero-order valence-corrected chi connectivity index (χ0v) is 12.9. The smallest absolute Gasteiger partial charge is 0.0336 e. The average Bonchev–Trinajstić information content (AvgIpc) is 2.27. The van der Waals surface area contributed by atoms with Crippen LogP contribution in [0.2, 0.25) is 0 Å². The van der Waals surface area contributed by atoms with E-state index in [9.17, 15) is 0 Å². The number of piperidine rings is 1. The minimum absolute atomic E-state index is 0.304. The summed E-state index contributed by atoms with van der Waals surface area (Å²) in [6, 6.07) is 0. The van der Waals surface area contributed by atoms with E-state index >= 15 is 0 Å². The van der Waals surface area contributed by atoms with Crippen molar-refractivity contribution in [1.82, 2.24) is 4.90 Å². The minimum Gasteiger partial charge on any atom is -0.329 e. The Hall–Kier alpha value is -0.0800. The molecule has 1 atom stereocenters. The van der Waals surface area contributed by atoms with Gasteiger partial charge in [-0.1, -0.05) is 34.1 Å². The Morgan fingerprint density at radius 2 is 1.50 bits per heavy atom. The summed E-state index contributed by atoms with van der Waals surface area (Å²) in [5, 5.41) is 0. The van der Waals surface area contributed by atoms with Gasteiger partial charge in [0.05, 0.1) is 0 Å². The standard InChI is InChI=1S/C16H32N2/c1-14(2)8-10-18(11-9-14)16(13-17)7-5-6-15(3,4)12-16/h5-13,17H2,1-4H3. The molecule has 18 heavy (non-hydrogen) atoms. The number of hydrogen-bond acceptors (Lipinski definition) is 2. The zero-order chi connectivity index (χ0) is 13.4. The number of nitrogens with two attached hydrogens (primary N) is 1. The van der Waals surface area contributed by atoms with Crippen molar-refractivity contribution in [2.24, 2.45) is 16.6 Å². The fraction of sp³-hybridized carbons (Fsp3) is 1.00. The maximum atomic E-state index is 6.22. The van der Waals surface area contributed by atoms with Gasteiger partial charge in [0.2, 0.25) is 0 Å². The van der Waals surface area contributed by atoms with E-state index in [1.54, 1.807) is 0 Å². The maximum Gasteiger partial charge on any atom is 0.0336 e. The Labute approximate surface area is 113 Å². The molecule has 2 heteroatoms. The second-order valence-electron chi connectivity index (χ2n) is 8.27. The molecule has 0 aromatic rings. The molecule has 1 unspecified atom stereocenters. The highest BCUT2D eigenvalue weighted by Gasteiger charge is 2.44. The van der Waals surface area contributed by atoms with Crippen LogP contribution in [0.1, 0.15) is 66.2 Å². The van der Waals surface area contributed by atoms with Crippen molar-refractivity contribution in [2.75, 3.05) is 19.6 Å². The first-order valence-electron chi connectivity index (χ1n) is 7.74. The monoisotopic (exact) mass is 252 g/mol. The topological polar surface area (TPSA) is 29.3 Å². The van der Waals surface area contributed by atoms with Crippen LogP contribution in [-0.2, 0) is 0 Å². The average molecular weight is 252 g/mol. The van der Waals surface area contributed by atoms with Gasteiger partial charge in [0.25, 0.3) is 0 Å². The number of rotatable bonds is 2. The Kier molecular flexibility index (Phi) is 3.81. The summed E-state index contributed by atoms with van der Waals surface area (Å²) < 4.78 is 0. The van der Waals surface area contributed by atoms with Crippen LogP contribution >= 0.6 is 0 Å². The molecule has 0 bridgehead atoms.